The summed E-state index contributed by atoms with van der Waals surface area (Å²) in [6.45, 7) is 1.40. The Bertz CT molecular complexity index is 706. The van der Waals surface area contributed by atoms with E-state index in [1.165, 1.54) is 13.1 Å². The summed E-state index contributed by atoms with van der Waals surface area (Å²) in [5.74, 6) is -0.489. The Hall–Kier alpha value is -1.92. The summed E-state index contributed by atoms with van der Waals surface area (Å²) in [6, 6.07) is 8.07. The molecule has 1 aromatic carbocycles. The van der Waals surface area contributed by atoms with Crippen LogP contribution in [0.2, 0.25) is 5.02 Å². The van der Waals surface area contributed by atoms with Gasteiger partial charge in [0.05, 0.1) is 10.7 Å². The zero-order valence-electron chi connectivity index (χ0n) is 11.0. The number of aromatic nitrogens is 1. The first-order chi connectivity index (χ1) is 9.95. The highest BCUT2D eigenvalue weighted by Gasteiger charge is 2.09. The lowest BCUT2D eigenvalue weighted by atomic mass is 10.2. The van der Waals surface area contributed by atoms with Crippen LogP contribution in [0.4, 0.5) is 11.4 Å². The van der Waals surface area contributed by atoms with Gasteiger partial charge in [-0.3, -0.25) is 9.59 Å². The van der Waals surface area contributed by atoms with Gasteiger partial charge < -0.3 is 10.6 Å². The number of nitrogens with zero attached hydrogens (tertiary/aromatic N) is 1. The first kappa shape index (κ1) is 15.5. The molecule has 5 nitrogen and oxygen atoms in total. The van der Waals surface area contributed by atoms with E-state index in [1.807, 2.05) is 0 Å². The molecule has 0 unspecified atom stereocenters. The maximum Gasteiger partial charge on any atom is 0.255 e. The average molecular weight is 369 g/mol. The smallest absolute Gasteiger partial charge is 0.255 e. The van der Waals surface area contributed by atoms with E-state index in [-0.39, 0.29) is 11.8 Å². The first-order valence-corrected chi connectivity index (χ1v) is 7.13. The fraction of sp³-hybridized carbons (Fsp3) is 0.0714. The second-order valence-electron chi connectivity index (χ2n) is 4.20. The maximum absolute atomic E-state index is 12.1. The normalized spacial score (nSPS) is 10.0. The SMILES string of the molecule is CC(=O)Nc1ccc(NC(=O)c2ccnc(Br)c2)cc1Cl. The third-order valence-electron chi connectivity index (χ3n) is 2.53. The van der Waals surface area contributed by atoms with Crippen molar-refractivity contribution < 1.29 is 9.59 Å². The average Bonchev–Trinajstić information content (AvgIpc) is 2.41. The van der Waals surface area contributed by atoms with Gasteiger partial charge in [0.25, 0.3) is 5.91 Å². The van der Waals surface area contributed by atoms with Crippen molar-refractivity contribution in [3.05, 3.63) is 51.7 Å². The quantitative estimate of drug-likeness (QED) is 0.811. The zero-order chi connectivity index (χ0) is 15.4. The Kier molecular flexibility index (Phi) is 4.93. The molecular formula is C14H11BrClN3O2. The molecule has 21 heavy (non-hydrogen) atoms. The molecule has 2 amide bonds. The Labute approximate surface area is 134 Å². The number of carbonyl (C=O) groups is 2. The first-order valence-electron chi connectivity index (χ1n) is 5.96. The van der Waals surface area contributed by atoms with Crippen LogP contribution in [0.5, 0.6) is 0 Å². The highest BCUT2D eigenvalue weighted by molar-refractivity contribution is 9.10. The second kappa shape index (κ2) is 6.69. The van der Waals surface area contributed by atoms with Gasteiger partial charge in [0.15, 0.2) is 0 Å². The third kappa shape index (κ3) is 4.27. The van der Waals surface area contributed by atoms with Crippen LogP contribution < -0.4 is 10.6 Å². The molecule has 2 aromatic rings. The van der Waals surface area contributed by atoms with Gasteiger partial charge in [-0.25, -0.2) is 4.98 Å². The van der Waals surface area contributed by atoms with Gasteiger partial charge in [-0.2, -0.15) is 0 Å². The Morgan fingerprint density at radius 1 is 1.19 bits per heavy atom. The lowest BCUT2D eigenvalue weighted by Gasteiger charge is -2.09. The van der Waals surface area contributed by atoms with Crippen molar-refractivity contribution in [3.63, 3.8) is 0 Å². The molecule has 2 N–H and O–H groups in total. The van der Waals surface area contributed by atoms with Crippen molar-refractivity contribution >= 4 is 50.7 Å². The van der Waals surface area contributed by atoms with Crippen molar-refractivity contribution in [1.82, 2.24) is 4.98 Å². The number of carbonyl (C=O) groups excluding carboxylic acids is 2. The molecular weight excluding hydrogens is 358 g/mol. The van der Waals surface area contributed by atoms with Gasteiger partial charge in [0.2, 0.25) is 5.91 Å². The molecule has 0 atom stereocenters. The number of rotatable bonds is 3. The molecule has 0 aliphatic rings. The van der Waals surface area contributed by atoms with Crippen molar-refractivity contribution in [2.45, 2.75) is 6.92 Å². The number of halogens is 2. The van der Waals surface area contributed by atoms with E-state index in [9.17, 15) is 9.59 Å². The molecule has 0 aliphatic heterocycles. The van der Waals surface area contributed by atoms with Crippen LogP contribution in [0.3, 0.4) is 0 Å². The summed E-state index contributed by atoms with van der Waals surface area (Å²) >= 11 is 9.25. The van der Waals surface area contributed by atoms with E-state index in [2.05, 4.69) is 31.5 Å². The molecule has 1 aromatic heterocycles. The minimum absolute atomic E-state index is 0.213. The molecule has 0 bridgehead atoms. The Balaban J connectivity index is 2.15. The fourth-order valence-electron chi connectivity index (χ4n) is 1.63. The number of anilines is 2. The van der Waals surface area contributed by atoms with E-state index < -0.39 is 0 Å². The van der Waals surface area contributed by atoms with Gasteiger partial charge in [-0.15, -0.1) is 0 Å². The second-order valence-corrected chi connectivity index (χ2v) is 5.42. The molecule has 0 radical (unpaired) electrons. The molecule has 108 valence electrons. The zero-order valence-corrected chi connectivity index (χ0v) is 13.3. The van der Waals surface area contributed by atoms with Gasteiger partial charge in [0, 0.05) is 24.4 Å². The summed E-state index contributed by atoms with van der Waals surface area (Å²) in [6.07, 6.45) is 1.53. The number of hydrogen-bond acceptors (Lipinski definition) is 3. The lowest BCUT2D eigenvalue weighted by molar-refractivity contribution is -0.114. The van der Waals surface area contributed by atoms with Crippen LogP contribution in [0.1, 0.15) is 17.3 Å². The van der Waals surface area contributed by atoms with Crippen LogP contribution in [0, 0.1) is 0 Å². The van der Waals surface area contributed by atoms with Crippen molar-refractivity contribution in [1.29, 1.82) is 0 Å². The van der Waals surface area contributed by atoms with Crippen molar-refractivity contribution in [3.8, 4) is 0 Å². The third-order valence-corrected chi connectivity index (χ3v) is 3.27. The van der Waals surface area contributed by atoms with E-state index >= 15 is 0 Å². The number of hydrogen-bond donors (Lipinski definition) is 2. The summed E-state index contributed by atoms with van der Waals surface area (Å²) in [5, 5.41) is 5.66. The number of nitrogens with one attached hydrogen (secondary N) is 2. The van der Waals surface area contributed by atoms with Crippen LogP contribution in [0.25, 0.3) is 0 Å². The highest BCUT2D eigenvalue weighted by Crippen LogP contribution is 2.25. The van der Waals surface area contributed by atoms with E-state index in [0.717, 1.165) is 0 Å². The van der Waals surface area contributed by atoms with Crippen LogP contribution in [-0.4, -0.2) is 16.8 Å². The summed E-state index contributed by atoms with van der Waals surface area (Å²) < 4.78 is 0.578. The van der Waals surface area contributed by atoms with Gasteiger partial charge >= 0.3 is 0 Å². The lowest BCUT2D eigenvalue weighted by Crippen LogP contribution is -2.12. The van der Waals surface area contributed by atoms with E-state index in [1.54, 1.807) is 30.3 Å². The standard InChI is InChI=1S/C14H11BrClN3O2/c1-8(20)18-12-3-2-10(7-11(12)16)19-14(21)9-4-5-17-13(15)6-9/h2-7H,1H3,(H,18,20)(H,19,21). The fourth-order valence-corrected chi connectivity index (χ4v) is 2.22. The predicted molar refractivity (Wildman–Crippen MR) is 85.6 cm³/mol. The molecule has 0 fully saturated rings. The van der Waals surface area contributed by atoms with Gasteiger partial charge in [-0.1, -0.05) is 11.6 Å². The predicted octanol–water partition coefficient (Wildman–Crippen LogP) is 3.71. The van der Waals surface area contributed by atoms with E-state index in [4.69, 9.17) is 11.6 Å². The number of amides is 2. The Morgan fingerprint density at radius 2 is 1.95 bits per heavy atom. The number of pyridine rings is 1. The maximum atomic E-state index is 12.1. The summed E-state index contributed by atoms with van der Waals surface area (Å²) in [7, 11) is 0. The van der Waals surface area contributed by atoms with Gasteiger partial charge in [-0.05, 0) is 46.3 Å². The van der Waals surface area contributed by atoms with Crippen molar-refractivity contribution in [2.24, 2.45) is 0 Å². The van der Waals surface area contributed by atoms with Crippen molar-refractivity contribution in [2.75, 3.05) is 10.6 Å². The van der Waals surface area contributed by atoms with Gasteiger partial charge in [0.1, 0.15) is 4.60 Å². The van der Waals surface area contributed by atoms with Crippen LogP contribution >= 0.6 is 27.5 Å². The largest absolute Gasteiger partial charge is 0.325 e. The summed E-state index contributed by atoms with van der Waals surface area (Å²) in [5.41, 5.74) is 1.50. The molecule has 7 heteroatoms. The van der Waals surface area contributed by atoms with E-state index in [0.29, 0.717) is 26.6 Å². The molecule has 0 saturated heterocycles. The molecule has 0 aliphatic carbocycles. The van der Waals surface area contributed by atoms with Crippen LogP contribution in [0.15, 0.2) is 41.1 Å². The highest BCUT2D eigenvalue weighted by atomic mass is 79.9. The molecule has 2 rings (SSSR count). The molecule has 0 spiro atoms. The minimum Gasteiger partial charge on any atom is -0.325 e. The number of benzene rings is 1. The monoisotopic (exact) mass is 367 g/mol. The minimum atomic E-state index is -0.276. The molecule has 1 heterocycles. The summed E-state index contributed by atoms with van der Waals surface area (Å²) in [4.78, 5) is 27.0. The topological polar surface area (TPSA) is 71.1 Å². The molecule has 0 saturated carbocycles. The Morgan fingerprint density at radius 3 is 2.57 bits per heavy atom. The van der Waals surface area contributed by atoms with Crippen LogP contribution in [-0.2, 0) is 4.79 Å².